The van der Waals surface area contributed by atoms with Crippen LogP contribution in [0, 0.1) is 5.82 Å². The monoisotopic (exact) mass is 220 g/mol. The number of hydrogen-bond donors (Lipinski definition) is 3. The minimum atomic E-state index is -0.533. The average Bonchev–Trinajstić information content (AvgIpc) is 2.74. The zero-order valence-corrected chi connectivity index (χ0v) is 8.20. The van der Waals surface area contributed by atoms with Crippen LogP contribution in [0.3, 0.4) is 0 Å². The smallest absolute Gasteiger partial charge is 0.305 e. The quantitative estimate of drug-likeness (QED) is 0.726. The lowest BCUT2D eigenvalue weighted by atomic mass is 10.3. The number of carbonyl (C=O) groups is 1. The van der Waals surface area contributed by atoms with E-state index in [1.165, 1.54) is 18.3 Å². The van der Waals surface area contributed by atoms with Crippen molar-refractivity contribution in [1.82, 2.24) is 10.2 Å². The van der Waals surface area contributed by atoms with Crippen molar-refractivity contribution in [2.24, 2.45) is 0 Å². The first-order valence-electron chi connectivity index (χ1n) is 4.57. The van der Waals surface area contributed by atoms with Gasteiger partial charge in [0.15, 0.2) is 0 Å². The molecular formula is C10H9FN4O. The highest BCUT2D eigenvalue weighted by molar-refractivity contribution is 5.99. The first-order valence-corrected chi connectivity index (χ1v) is 4.57. The summed E-state index contributed by atoms with van der Waals surface area (Å²) >= 11 is 0. The largest absolute Gasteiger partial charge is 0.324 e. The van der Waals surface area contributed by atoms with E-state index in [9.17, 15) is 9.18 Å². The number of nitrogens with zero attached hydrogens (tertiary/aromatic N) is 1. The molecule has 2 amide bonds. The number of nitrogens with one attached hydrogen (secondary N) is 3. The Hall–Kier alpha value is -2.37. The second-order valence-electron chi connectivity index (χ2n) is 3.03. The maximum absolute atomic E-state index is 13.2. The Kier molecular flexibility index (Phi) is 2.81. The van der Waals surface area contributed by atoms with Gasteiger partial charge in [0.1, 0.15) is 11.6 Å². The van der Waals surface area contributed by atoms with Gasteiger partial charge in [-0.1, -0.05) is 12.1 Å². The molecule has 6 heteroatoms. The number of carbonyl (C=O) groups excluding carboxylic acids is 1. The normalized spacial score (nSPS) is 9.81. The summed E-state index contributed by atoms with van der Waals surface area (Å²) in [6.07, 6.45) is 1.50. The molecule has 0 aliphatic carbocycles. The summed E-state index contributed by atoms with van der Waals surface area (Å²) in [6, 6.07) is 6.98. The summed E-state index contributed by atoms with van der Waals surface area (Å²) in [7, 11) is 0. The van der Waals surface area contributed by atoms with Gasteiger partial charge in [0, 0.05) is 6.07 Å². The number of aromatic amines is 1. The van der Waals surface area contributed by atoms with Crippen molar-refractivity contribution >= 4 is 17.5 Å². The van der Waals surface area contributed by atoms with Crippen molar-refractivity contribution in [3.05, 3.63) is 42.3 Å². The fraction of sp³-hybridized carbons (Fsp3) is 0. The number of halogens is 1. The molecule has 5 nitrogen and oxygen atoms in total. The molecule has 0 aliphatic heterocycles. The van der Waals surface area contributed by atoms with E-state index >= 15 is 0 Å². The van der Waals surface area contributed by atoms with Crippen LogP contribution in [0.25, 0.3) is 0 Å². The molecule has 0 radical (unpaired) electrons. The van der Waals surface area contributed by atoms with E-state index in [1.807, 2.05) is 0 Å². The predicted octanol–water partition coefficient (Wildman–Crippen LogP) is 2.19. The number of rotatable bonds is 2. The lowest BCUT2D eigenvalue weighted by Crippen LogP contribution is -2.20. The van der Waals surface area contributed by atoms with E-state index in [2.05, 4.69) is 20.8 Å². The highest BCUT2D eigenvalue weighted by Crippen LogP contribution is 2.12. The van der Waals surface area contributed by atoms with Crippen LogP contribution < -0.4 is 10.6 Å². The van der Waals surface area contributed by atoms with Crippen LogP contribution in [0.2, 0.25) is 0 Å². The van der Waals surface area contributed by atoms with Gasteiger partial charge in [0.05, 0.1) is 11.9 Å². The fourth-order valence-electron chi connectivity index (χ4n) is 1.16. The maximum atomic E-state index is 13.2. The maximum Gasteiger partial charge on any atom is 0.324 e. The number of aromatic nitrogens is 2. The van der Waals surface area contributed by atoms with E-state index in [0.717, 1.165) is 0 Å². The fourth-order valence-corrected chi connectivity index (χ4v) is 1.16. The highest BCUT2D eigenvalue weighted by Gasteiger charge is 2.06. The molecule has 0 saturated carbocycles. The third kappa shape index (κ3) is 2.35. The Morgan fingerprint density at radius 3 is 2.75 bits per heavy atom. The van der Waals surface area contributed by atoms with Crippen LogP contribution in [0.1, 0.15) is 0 Å². The predicted molar refractivity (Wildman–Crippen MR) is 57.6 cm³/mol. The minimum absolute atomic E-state index is 0.125. The van der Waals surface area contributed by atoms with Gasteiger partial charge in [-0.3, -0.25) is 10.4 Å². The number of para-hydroxylation sites is 1. The molecule has 0 atom stereocenters. The summed E-state index contributed by atoms with van der Waals surface area (Å²) in [5.74, 6) is -0.0453. The molecule has 0 unspecified atom stereocenters. The molecule has 0 fully saturated rings. The van der Waals surface area contributed by atoms with Gasteiger partial charge < -0.3 is 5.32 Å². The van der Waals surface area contributed by atoms with Gasteiger partial charge in [-0.25, -0.2) is 9.18 Å². The molecule has 0 spiro atoms. The van der Waals surface area contributed by atoms with Crippen LogP contribution in [0.15, 0.2) is 36.5 Å². The molecule has 2 aromatic rings. The van der Waals surface area contributed by atoms with Crippen molar-refractivity contribution in [2.75, 3.05) is 10.6 Å². The summed E-state index contributed by atoms with van der Waals surface area (Å²) in [5.41, 5.74) is 0.125. The lowest BCUT2D eigenvalue weighted by molar-refractivity contribution is 0.262. The molecule has 1 aromatic heterocycles. The summed E-state index contributed by atoms with van der Waals surface area (Å²) < 4.78 is 13.2. The molecule has 0 saturated heterocycles. The third-order valence-electron chi connectivity index (χ3n) is 1.87. The second kappa shape index (κ2) is 4.43. The average molecular weight is 220 g/mol. The SMILES string of the molecule is O=C(Nc1ccn[nH]1)Nc1ccccc1F. The van der Waals surface area contributed by atoms with E-state index in [1.54, 1.807) is 18.2 Å². The number of anilines is 2. The number of hydrogen-bond acceptors (Lipinski definition) is 2. The topological polar surface area (TPSA) is 69.8 Å². The van der Waals surface area contributed by atoms with Gasteiger partial charge in [0.25, 0.3) is 0 Å². The Morgan fingerprint density at radius 1 is 1.25 bits per heavy atom. The minimum Gasteiger partial charge on any atom is -0.305 e. The standard InChI is InChI=1S/C10H9FN4O/c11-7-3-1-2-4-8(7)13-10(16)14-9-5-6-12-15-9/h1-6H,(H3,12,13,14,15,16). The molecule has 3 N–H and O–H groups in total. The van der Waals surface area contributed by atoms with E-state index in [-0.39, 0.29) is 5.69 Å². The lowest BCUT2D eigenvalue weighted by Gasteiger charge is -2.06. The first-order chi connectivity index (χ1) is 7.75. The van der Waals surface area contributed by atoms with Crippen LogP contribution in [-0.4, -0.2) is 16.2 Å². The van der Waals surface area contributed by atoms with Gasteiger partial charge in [-0.15, -0.1) is 0 Å². The Balaban J connectivity index is 2.00. The van der Waals surface area contributed by atoms with Crippen molar-refractivity contribution in [3.63, 3.8) is 0 Å². The number of benzene rings is 1. The van der Waals surface area contributed by atoms with Crippen molar-refractivity contribution in [2.45, 2.75) is 0 Å². The summed E-state index contributed by atoms with van der Waals surface area (Å²) in [5, 5.41) is 11.0. The summed E-state index contributed by atoms with van der Waals surface area (Å²) in [4.78, 5) is 11.4. The zero-order chi connectivity index (χ0) is 11.4. The van der Waals surface area contributed by atoms with Crippen LogP contribution in [0.4, 0.5) is 20.7 Å². The van der Waals surface area contributed by atoms with E-state index < -0.39 is 11.8 Å². The molecule has 16 heavy (non-hydrogen) atoms. The van der Waals surface area contributed by atoms with Crippen LogP contribution in [-0.2, 0) is 0 Å². The second-order valence-corrected chi connectivity index (χ2v) is 3.03. The Labute approximate surface area is 90.7 Å². The molecule has 0 bridgehead atoms. The Morgan fingerprint density at radius 2 is 2.06 bits per heavy atom. The molecule has 0 aliphatic rings. The van der Waals surface area contributed by atoms with Crippen LogP contribution in [0.5, 0.6) is 0 Å². The molecule has 1 aromatic carbocycles. The molecule has 1 heterocycles. The zero-order valence-electron chi connectivity index (χ0n) is 8.20. The molecule has 2 rings (SSSR count). The number of urea groups is 1. The number of H-pyrrole nitrogens is 1. The highest BCUT2D eigenvalue weighted by atomic mass is 19.1. The van der Waals surface area contributed by atoms with Crippen molar-refractivity contribution in [3.8, 4) is 0 Å². The summed E-state index contributed by atoms with van der Waals surface area (Å²) in [6.45, 7) is 0. The van der Waals surface area contributed by atoms with Crippen molar-refractivity contribution < 1.29 is 9.18 Å². The van der Waals surface area contributed by atoms with Crippen molar-refractivity contribution in [1.29, 1.82) is 0 Å². The third-order valence-corrected chi connectivity index (χ3v) is 1.87. The van der Waals surface area contributed by atoms with Crippen LogP contribution >= 0.6 is 0 Å². The molecular weight excluding hydrogens is 211 g/mol. The van der Waals surface area contributed by atoms with Gasteiger partial charge >= 0.3 is 6.03 Å². The van der Waals surface area contributed by atoms with Gasteiger partial charge in [-0.2, -0.15) is 5.10 Å². The first kappa shape index (κ1) is 10.2. The van der Waals surface area contributed by atoms with Gasteiger partial charge in [0.2, 0.25) is 0 Å². The molecule has 82 valence electrons. The van der Waals surface area contributed by atoms with Gasteiger partial charge in [-0.05, 0) is 12.1 Å². The Bertz CT molecular complexity index is 483. The van der Waals surface area contributed by atoms with E-state index in [4.69, 9.17) is 0 Å². The van der Waals surface area contributed by atoms with E-state index in [0.29, 0.717) is 5.82 Å². The number of amides is 2.